The predicted octanol–water partition coefficient (Wildman–Crippen LogP) is 6.79. The van der Waals surface area contributed by atoms with Crippen LogP contribution < -0.4 is 0 Å². The van der Waals surface area contributed by atoms with Crippen LogP contribution in [0, 0.1) is 11.8 Å². The van der Waals surface area contributed by atoms with E-state index in [0.29, 0.717) is 16.7 Å². The van der Waals surface area contributed by atoms with E-state index in [9.17, 15) is 58.5 Å². The van der Waals surface area contributed by atoms with Crippen molar-refractivity contribution in [2.75, 3.05) is 0 Å². The van der Waals surface area contributed by atoms with Gasteiger partial charge in [-0.1, -0.05) is 53.2 Å². The van der Waals surface area contributed by atoms with Gasteiger partial charge in [0.05, 0.1) is 0 Å². The summed E-state index contributed by atoms with van der Waals surface area (Å²) in [5, 5.41) is 31.6. The standard InChI is InChI=1S/C58H56O24/c1-30(6-16-35-41(59)71-53(4,33-12-13-33)72-42(35)60)8-18-37-45(63)75-55(76-46(37)64)22-26-57(27-23-55)79-49(67)39(50(68)80-57)20-10-32(3)11-21-40-51(69)81-58(82-52(40)70)28-24-56(25-29-58)77-47(65)38(48(66)78-56)19-9-31(2)7-17-36-43(61)73-54(5,34-14-15-34)74-44(36)62/h6-11,16-21,33-34,59,61,67H,12-15,22-29H2,1-5H3/b16-6+,17-7?,20-10+,30-8+,31-9?,32-11+,37-18?,38-19?,40-21?. The third-order valence-electron chi connectivity index (χ3n) is 15.4. The third-order valence-corrected chi connectivity index (χ3v) is 15.4. The Labute approximate surface area is 466 Å². The van der Waals surface area contributed by atoms with Gasteiger partial charge in [-0.3, -0.25) is 0 Å². The number of hydrogen-bond acceptors (Lipinski definition) is 24. The highest BCUT2D eigenvalue weighted by molar-refractivity contribution is 6.17. The van der Waals surface area contributed by atoms with Crippen LogP contribution >= 0.6 is 0 Å². The lowest BCUT2D eigenvalue weighted by Crippen LogP contribution is -2.56. The zero-order chi connectivity index (χ0) is 58.7. The van der Waals surface area contributed by atoms with Gasteiger partial charge in [0, 0.05) is 77.0 Å². The van der Waals surface area contributed by atoms with E-state index in [4.69, 9.17) is 56.8 Å². The van der Waals surface area contributed by atoms with E-state index in [1.54, 1.807) is 34.6 Å². The van der Waals surface area contributed by atoms with Gasteiger partial charge in [-0.25, -0.2) is 43.2 Å². The summed E-state index contributed by atoms with van der Waals surface area (Å²) in [4.78, 5) is 117. The number of hydrogen-bond donors (Lipinski definition) is 3. The number of aliphatic hydroxyl groups is 3. The lowest BCUT2D eigenvalue weighted by Gasteiger charge is -2.46. The topological polar surface area (TPSA) is 325 Å². The predicted molar refractivity (Wildman–Crippen MR) is 270 cm³/mol. The molecule has 4 saturated carbocycles. The number of rotatable bonds is 11. The molecule has 3 N–H and O–H groups in total. The van der Waals surface area contributed by atoms with Crippen LogP contribution in [-0.2, 0) is 100.0 Å². The van der Waals surface area contributed by atoms with Gasteiger partial charge in [0.25, 0.3) is 52.6 Å². The Morgan fingerprint density at radius 3 is 0.829 bits per heavy atom. The van der Waals surface area contributed by atoms with Crippen molar-refractivity contribution < 1.29 is 115 Å². The van der Waals surface area contributed by atoms with E-state index < -0.39 is 123 Å². The van der Waals surface area contributed by atoms with E-state index in [0.717, 1.165) is 31.8 Å². The molecule has 4 spiro atoms. The molecule has 24 nitrogen and oxygen atoms in total. The number of allylic oxidation sites excluding steroid dienone is 12. The maximum Gasteiger partial charge on any atom is 0.348 e. The molecule has 82 heavy (non-hydrogen) atoms. The number of ether oxygens (including phenoxy) is 12. The van der Waals surface area contributed by atoms with E-state index in [1.807, 2.05) is 0 Å². The Bertz CT molecular complexity index is 3220. The molecule has 0 aromatic carbocycles. The van der Waals surface area contributed by atoms with Crippen LogP contribution in [0.5, 0.6) is 0 Å². The number of carbonyl (C=O) groups excluding carboxylic acids is 9. The van der Waals surface area contributed by atoms with Crippen molar-refractivity contribution in [2.45, 2.75) is 146 Å². The lowest BCUT2D eigenvalue weighted by molar-refractivity contribution is -0.297. The molecule has 10 rings (SSSR count). The average Bonchev–Trinajstić information content (AvgIpc) is 4.44. The summed E-state index contributed by atoms with van der Waals surface area (Å²) in [6, 6.07) is 0. The molecule has 0 aromatic rings. The molecular formula is C58H56O24. The zero-order valence-electron chi connectivity index (χ0n) is 45.0. The van der Waals surface area contributed by atoms with Gasteiger partial charge < -0.3 is 72.2 Å². The van der Waals surface area contributed by atoms with Crippen LogP contribution in [0.3, 0.4) is 0 Å². The maximum absolute atomic E-state index is 13.3. The number of esters is 9. The lowest BCUT2D eigenvalue weighted by atomic mass is 9.87. The van der Waals surface area contributed by atoms with Crippen LogP contribution in [0.2, 0.25) is 0 Å². The van der Waals surface area contributed by atoms with Crippen molar-refractivity contribution in [1.29, 1.82) is 0 Å². The fraction of sp³-hybridized carbons (Fsp3) is 0.431. The van der Waals surface area contributed by atoms with Crippen LogP contribution in [0.15, 0.2) is 141 Å². The first-order valence-electron chi connectivity index (χ1n) is 26.4. The second kappa shape index (κ2) is 20.8. The van der Waals surface area contributed by atoms with Crippen LogP contribution in [0.25, 0.3) is 0 Å². The van der Waals surface area contributed by atoms with Crippen molar-refractivity contribution in [2.24, 2.45) is 11.8 Å². The molecule has 0 aromatic heterocycles. The minimum atomic E-state index is -1.76. The SMILES string of the molecule is CC(C=CC1=C(O)OC(C)(C2CC2)OC1=O)=CC=C1C(=O)OC2(CCC3(CC2)OC(=O)C(=C/C=C(C)/C=C/C2=C(O)OC4(CCC5(CC4)OC(=O)C(=C/C=C(C)/C=C/C4=C(O)OC(C)(C6CC6)OC4=O)C(=O)O5)OC2=O)C(=O)O3)OC1=O. The second-order valence-corrected chi connectivity index (χ2v) is 21.7. The van der Waals surface area contributed by atoms with Crippen molar-refractivity contribution in [3.8, 4) is 0 Å². The highest BCUT2D eigenvalue weighted by atomic mass is 16.8. The fourth-order valence-corrected chi connectivity index (χ4v) is 10.1. The van der Waals surface area contributed by atoms with Crippen molar-refractivity contribution >= 4 is 53.7 Å². The molecule has 6 heterocycles. The third kappa shape index (κ3) is 11.3. The number of cyclic esters (lactones) is 2. The maximum atomic E-state index is 13.3. The minimum Gasteiger partial charge on any atom is -0.480 e. The van der Waals surface area contributed by atoms with Crippen LogP contribution in [0.4, 0.5) is 0 Å². The van der Waals surface area contributed by atoms with E-state index in [-0.39, 0.29) is 79.9 Å². The fourth-order valence-electron chi connectivity index (χ4n) is 10.1. The van der Waals surface area contributed by atoms with Gasteiger partial charge in [0.2, 0.25) is 0 Å². The summed E-state index contributed by atoms with van der Waals surface area (Å²) in [6.45, 7) is 7.93. The Morgan fingerprint density at radius 2 is 0.585 bits per heavy atom. The Balaban J connectivity index is 0.688. The molecule has 4 aliphatic carbocycles. The van der Waals surface area contributed by atoms with Crippen molar-refractivity contribution in [1.82, 2.24) is 0 Å². The summed E-state index contributed by atoms with van der Waals surface area (Å²) in [6.07, 6.45) is 17.3. The van der Waals surface area contributed by atoms with Gasteiger partial charge in [-0.2, -0.15) is 0 Å². The quantitative estimate of drug-likeness (QED) is 0.0630. The molecule has 0 amide bonds. The van der Waals surface area contributed by atoms with Gasteiger partial charge in [0.1, 0.15) is 33.4 Å². The Morgan fingerprint density at radius 1 is 0.354 bits per heavy atom. The van der Waals surface area contributed by atoms with E-state index >= 15 is 0 Å². The molecule has 2 unspecified atom stereocenters. The highest BCUT2D eigenvalue weighted by Crippen LogP contribution is 2.49. The molecule has 24 heteroatoms. The monoisotopic (exact) mass is 1140 g/mol. The summed E-state index contributed by atoms with van der Waals surface area (Å²) in [5.41, 5.74) is -0.872. The first kappa shape index (κ1) is 56.2. The van der Waals surface area contributed by atoms with Gasteiger partial charge in [-0.05, 0) is 82.9 Å². The Kier molecular flexibility index (Phi) is 14.2. The van der Waals surface area contributed by atoms with Gasteiger partial charge >= 0.3 is 53.7 Å². The molecule has 0 bridgehead atoms. The first-order valence-corrected chi connectivity index (χ1v) is 26.4. The van der Waals surface area contributed by atoms with Gasteiger partial charge in [0.15, 0.2) is 0 Å². The molecule has 2 atom stereocenters. The minimum absolute atomic E-state index is 0.0119. The average molecular weight is 1140 g/mol. The van der Waals surface area contributed by atoms with Crippen molar-refractivity contribution in [3.05, 3.63) is 141 Å². The van der Waals surface area contributed by atoms with Crippen molar-refractivity contribution in [3.63, 3.8) is 0 Å². The highest BCUT2D eigenvalue weighted by Gasteiger charge is 2.59. The molecule has 432 valence electrons. The number of aliphatic hydroxyl groups excluding tert-OH is 3. The molecule has 6 aliphatic heterocycles. The Hall–Kier alpha value is -9.09. The number of carbonyl (C=O) groups is 9. The normalized spacial score (nSPS) is 33.0. The summed E-state index contributed by atoms with van der Waals surface area (Å²) in [7, 11) is 0. The van der Waals surface area contributed by atoms with E-state index in [1.165, 1.54) is 66.8 Å². The smallest absolute Gasteiger partial charge is 0.348 e. The van der Waals surface area contributed by atoms with Crippen LogP contribution in [-0.4, -0.2) is 104 Å². The molecule has 7 fully saturated rings. The molecule has 3 saturated heterocycles. The zero-order valence-corrected chi connectivity index (χ0v) is 45.0. The summed E-state index contributed by atoms with van der Waals surface area (Å²) < 4.78 is 66.7. The largest absolute Gasteiger partial charge is 0.480 e. The summed E-state index contributed by atoms with van der Waals surface area (Å²) >= 11 is 0. The van der Waals surface area contributed by atoms with Crippen LogP contribution in [0.1, 0.15) is 112 Å². The molecule has 0 radical (unpaired) electrons. The summed E-state index contributed by atoms with van der Waals surface area (Å²) in [5.74, 6) is -19.9. The van der Waals surface area contributed by atoms with Gasteiger partial charge in [-0.15, -0.1) is 0 Å². The first-order chi connectivity index (χ1) is 38.7. The molecule has 10 aliphatic rings. The van der Waals surface area contributed by atoms with E-state index in [2.05, 4.69) is 0 Å². The molecular weight excluding hydrogens is 1080 g/mol. The second-order valence-electron chi connectivity index (χ2n) is 21.7.